The van der Waals surface area contributed by atoms with Gasteiger partial charge >= 0.3 is 5.97 Å². The Morgan fingerprint density at radius 1 is 1.27 bits per heavy atom. The molecule has 116 valence electrons. The normalized spacial score (nSPS) is 11.3. The summed E-state index contributed by atoms with van der Waals surface area (Å²) in [6.45, 7) is 2.83. The van der Waals surface area contributed by atoms with E-state index in [1.807, 2.05) is 0 Å². The van der Waals surface area contributed by atoms with Crippen LogP contribution < -0.4 is 0 Å². The van der Waals surface area contributed by atoms with Crippen molar-refractivity contribution in [3.63, 3.8) is 0 Å². The van der Waals surface area contributed by atoms with Crippen molar-refractivity contribution >= 4 is 11.9 Å². The number of halogens is 1. The van der Waals surface area contributed by atoms with Crippen molar-refractivity contribution < 1.29 is 19.1 Å². The third-order valence-electron chi connectivity index (χ3n) is 3.44. The van der Waals surface area contributed by atoms with Crippen molar-refractivity contribution in [1.82, 2.24) is 19.9 Å². The van der Waals surface area contributed by atoms with Crippen LogP contribution in [0.25, 0.3) is 5.69 Å². The van der Waals surface area contributed by atoms with Gasteiger partial charge in [-0.15, -0.1) is 5.10 Å². The zero-order valence-electron chi connectivity index (χ0n) is 12.3. The van der Waals surface area contributed by atoms with Gasteiger partial charge in [0.15, 0.2) is 5.69 Å². The van der Waals surface area contributed by atoms with Crippen LogP contribution in [0.2, 0.25) is 0 Å². The lowest BCUT2D eigenvalue weighted by Crippen LogP contribution is -2.50. The van der Waals surface area contributed by atoms with Crippen molar-refractivity contribution in [2.24, 2.45) is 0 Å². The SMILES string of the molecule is CN(C(=O)c1cnn(-c2ccc(F)cc2)n1)C(C)(C)C(=O)O. The Kier molecular flexibility index (Phi) is 3.94. The molecule has 0 fully saturated rings. The Morgan fingerprint density at radius 3 is 2.41 bits per heavy atom. The van der Waals surface area contributed by atoms with Crippen LogP contribution >= 0.6 is 0 Å². The third kappa shape index (κ3) is 2.80. The molecule has 1 amide bonds. The largest absolute Gasteiger partial charge is 0.480 e. The number of amides is 1. The van der Waals surface area contributed by atoms with Crippen LogP contribution in [0.15, 0.2) is 30.5 Å². The van der Waals surface area contributed by atoms with Gasteiger partial charge in [-0.1, -0.05) is 0 Å². The summed E-state index contributed by atoms with van der Waals surface area (Å²) in [6, 6.07) is 5.43. The average Bonchev–Trinajstić information content (AvgIpc) is 2.96. The van der Waals surface area contributed by atoms with Gasteiger partial charge in [0.2, 0.25) is 0 Å². The lowest BCUT2D eigenvalue weighted by atomic mass is 10.0. The van der Waals surface area contributed by atoms with Crippen molar-refractivity contribution in [1.29, 1.82) is 0 Å². The number of carbonyl (C=O) groups excluding carboxylic acids is 1. The van der Waals surface area contributed by atoms with Crippen LogP contribution in [0.4, 0.5) is 4.39 Å². The molecular formula is C14H15FN4O3. The molecule has 0 saturated carbocycles. The van der Waals surface area contributed by atoms with Crippen LogP contribution in [0.3, 0.4) is 0 Å². The van der Waals surface area contributed by atoms with Crippen molar-refractivity contribution in [3.05, 3.63) is 42.0 Å². The minimum Gasteiger partial charge on any atom is -0.480 e. The quantitative estimate of drug-likeness (QED) is 0.921. The molecule has 2 rings (SSSR count). The number of hydrogen-bond acceptors (Lipinski definition) is 4. The highest BCUT2D eigenvalue weighted by Gasteiger charge is 2.36. The Hall–Kier alpha value is -2.77. The summed E-state index contributed by atoms with van der Waals surface area (Å²) in [4.78, 5) is 25.7. The second kappa shape index (κ2) is 5.55. The highest BCUT2D eigenvalue weighted by Crippen LogP contribution is 2.15. The molecule has 8 heteroatoms. The van der Waals surface area contributed by atoms with E-state index in [9.17, 15) is 14.0 Å². The minimum atomic E-state index is -1.38. The van der Waals surface area contributed by atoms with Crippen molar-refractivity contribution in [2.75, 3.05) is 7.05 Å². The second-order valence-corrected chi connectivity index (χ2v) is 5.22. The van der Waals surface area contributed by atoms with Crippen LogP contribution in [0, 0.1) is 5.82 Å². The number of nitrogens with zero attached hydrogens (tertiary/aromatic N) is 4. The number of carboxylic acids is 1. The fraction of sp³-hybridized carbons (Fsp3) is 0.286. The first-order valence-corrected chi connectivity index (χ1v) is 6.43. The molecule has 1 aromatic carbocycles. The minimum absolute atomic E-state index is 0.00106. The number of benzene rings is 1. The molecule has 2 aromatic rings. The van der Waals surface area contributed by atoms with Gasteiger partial charge in [0, 0.05) is 7.05 Å². The monoisotopic (exact) mass is 306 g/mol. The first-order chi connectivity index (χ1) is 10.2. The first kappa shape index (κ1) is 15.6. The Morgan fingerprint density at radius 2 is 1.86 bits per heavy atom. The smallest absolute Gasteiger partial charge is 0.329 e. The predicted molar refractivity (Wildman–Crippen MR) is 75.1 cm³/mol. The zero-order chi connectivity index (χ0) is 16.5. The van der Waals surface area contributed by atoms with E-state index in [0.29, 0.717) is 5.69 Å². The van der Waals surface area contributed by atoms with Crippen LogP contribution in [0.1, 0.15) is 24.3 Å². The molecule has 0 spiro atoms. The van der Waals surface area contributed by atoms with E-state index in [1.165, 1.54) is 56.2 Å². The lowest BCUT2D eigenvalue weighted by molar-refractivity contribution is -0.147. The fourth-order valence-corrected chi connectivity index (χ4v) is 1.63. The maximum absolute atomic E-state index is 12.9. The first-order valence-electron chi connectivity index (χ1n) is 6.43. The number of hydrogen-bond donors (Lipinski definition) is 1. The molecule has 22 heavy (non-hydrogen) atoms. The molecule has 0 saturated heterocycles. The predicted octanol–water partition coefficient (Wildman–Crippen LogP) is 1.34. The molecule has 0 radical (unpaired) electrons. The van der Waals surface area contributed by atoms with E-state index in [0.717, 1.165) is 4.90 Å². The molecule has 0 atom stereocenters. The molecular weight excluding hydrogens is 291 g/mol. The number of carbonyl (C=O) groups is 2. The highest BCUT2D eigenvalue weighted by atomic mass is 19.1. The molecule has 0 aliphatic rings. The molecule has 0 bridgehead atoms. The topological polar surface area (TPSA) is 88.3 Å². The Bertz CT molecular complexity index is 709. The third-order valence-corrected chi connectivity index (χ3v) is 3.44. The summed E-state index contributed by atoms with van der Waals surface area (Å²) in [7, 11) is 1.38. The van der Waals surface area contributed by atoms with E-state index in [1.54, 1.807) is 0 Å². The van der Waals surface area contributed by atoms with Gasteiger partial charge in [0.1, 0.15) is 11.4 Å². The van der Waals surface area contributed by atoms with Crippen LogP contribution in [0.5, 0.6) is 0 Å². The number of carboxylic acid groups (broad SMARTS) is 1. The molecule has 0 aliphatic carbocycles. The van der Waals surface area contributed by atoms with Gasteiger partial charge in [-0.2, -0.15) is 9.90 Å². The Balaban J connectivity index is 2.26. The van der Waals surface area contributed by atoms with Crippen LogP contribution in [-0.4, -0.2) is 49.5 Å². The summed E-state index contributed by atoms with van der Waals surface area (Å²) in [5, 5.41) is 17.1. The molecule has 1 N–H and O–H groups in total. The van der Waals surface area contributed by atoms with Gasteiger partial charge in [-0.25, -0.2) is 9.18 Å². The summed E-state index contributed by atoms with van der Waals surface area (Å²) < 4.78 is 12.9. The van der Waals surface area contributed by atoms with Gasteiger partial charge in [0.25, 0.3) is 5.91 Å². The maximum atomic E-state index is 12.9. The summed E-state index contributed by atoms with van der Waals surface area (Å²) in [5.41, 5.74) is -0.891. The fourth-order valence-electron chi connectivity index (χ4n) is 1.63. The van der Waals surface area contributed by atoms with Gasteiger partial charge in [-0.05, 0) is 38.1 Å². The van der Waals surface area contributed by atoms with Crippen LogP contribution in [-0.2, 0) is 4.79 Å². The Labute approximate surface area is 126 Å². The summed E-state index contributed by atoms with van der Waals surface area (Å²) in [5.74, 6) is -2.09. The number of likely N-dealkylation sites (N-methyl/N-ethyl adjacent to an activating group) is 1. The lowest BCUT2D eigenvalue weighted by Gasteiger charge is -2.30. The number of aromatic nitrogens is 3. The molecule has 1 heterocycles. The number of aliphatic carboxylic acids is 1. The zero-order valence-corrected chi connectivity index (χ0v) is 12.3. The molecule has 1 aromatic heterocycles. The van der Waals surface area contributed by atoms with Gasteiger partial charge < -0.3 is 10.0 Å². The van der Waals surface area contributed by atoms with E-state index in [-0.39, 0.29) is 5.69 Å². The molecule has 0 aliphatic heterocycles. The van der Waals surface area contributed by atoms with Crippen molar-refractivity contribution in [2.45, 2.75) is 19.4 Å². The van der Waals surface area contributed by atoms with Crippen molar-refractivity contribution in [3.8, 4) is 5.69 Å². The summed E-state index contributed by atoms with van der Waals surface area (Å²) in [6.07, 6.45) is 1.24. The second-order valence-electron chi connectivity index (χ2n) is 5.22. The van der Waals surface area contributed by atoms with E-state index < -0.39 is 23.2 Å². The van der Waals surface area contributed by atoms with E-state index >= 15 is 0 Å². The number of rotatable bonds is 4. The molecule has 0 unspecified atom stereocenters. The maximum Gasteiger partial charge on any atom is 0.329 e. The van der Waals surface area contributed by atoms with E-state index in [4.69, 9.17) is 5.11 Å². The highest BCUT2D eigenvalue weighted by molar-refractivity contribution is 5.95. The summed E-state index contributed by atoms with van der Waals surface area (Å²) >= 11 is 0. The standard InChI is InChI=1S/C14H15FN4O3/c1-14(2,13(21)22)18(3)12(20)11-8-16-19(17-11)10-6-4-9(15)5-7-10/h4-8H,1-3H3,(H,21,22). The van der Waals surface area contributed by atoms with E-state index in [2.05, 4.69) is 10.2 Å². The van der Waals surface area contributed by atoms with Gasteiger partial charge in [0.05, 0.1) is 11.9 Å². The van der Waals surface area contributed by atoms with Gasteiger partial charge in [-0.3, -0.25) is 4.79 Å². The average molecular weight is 306 g/mol. The molecule has 7 nitrogen and oxygen atoms in total.